The average Bonchev–Trinajstić information content (AvgIpc) is 2.87. The first-order chi connectivity index (χ1) is 10.0. The lowest BCUT2D eigenvalue weighted by atomic mass is 10.00. The van der Waals surface area contributed by atoms with Gasteiger partial charge in [0.15, 0.2) is 6.54 Å². The highest BCUT2D eigenvalue weighted by atomic mass is 35.5. The number of carbonyl (C=O) groups excluding carboxylic acids is 1. The summed E-state index contributed by atoms with van der Waals surface area (Å²) in [6.07, 6.45) is 3.56. The third kappa shape index (κ3) is 4.45. The van der Waals surface area contributed by atoms with E-state index in [4.69, 9.17) is 11.6 Å². The molecular weight excluding hydrogens is 286 g/mol. The molecule has 0 aromatic heterocycles. The van der Waals surface area contributed by atoms with Crippen molar-refractivity contribution in [3.05, 3.63) is 34.9 Å². The van der Waals surface area contributed by atoms with Crippen molar-refractivity contribution >= 4 is 17.5 Å². The highest BCUT2D eigenvalue weighted by molar-refractivity contribution is 6.30. The van der Waals surface area contributed by atoms with E-state index in [2.05, 4.69) is 11.4 Å². The summed E-state index contributed by atoms with van der Waals surface area (Å²) >= 11 is 5.96. The first-order valence-electron chi connectivity index (χ1n) is 7.31. The molecule has 0 radical (unpaired) electrons. The molecule has 112 valence electrons. The minimum atomic E-state index is -0.632. The number of hydrogen-bond donors (Lipinski definition) is 2. The molecule has 2 N–H and O–H groups in total. The lowest BCUT2D eigenvalue weighted by Gasteiger charge is -2.23. The first kappa shape index (κ1) is 15.8. The van der Waals surface area contributed by atoms with Gasteiger partial charge in [0.25, 0.3) is 5.91 Å². The second kappa shape index (κ2) is 6.93. The molecule has 1 aliphatic rings. The molecule has 4 nitrogen and oxygen atoms in total. The Hall–Kier alpha value is -1.57. The number of carbonyl (C=O) groups is 1. The third-order valence-corrected chi connectivity index (χ3v) is 4.14. The maximum Gasteiger partial charge on any atom is 0.276 e. The molecule has 21 heavy (non-hydrogen) atoms. The van der Waals surface area contributed by atoms with Gasteiger partial charge in [-0.3, -0.25) is 4.79 Å². The van der Waals surface area contributed by atoms with Crippen molar-refractivity contribution in [1.82, 2.24) is 5.32 Å². The van der Waals surface area contributed by atoms with Crippen molar-refractivity contribution < 1.29 is 9.69 Å². The van der Waals surface area contributed by atoms with Gasteiger partial charge < -0.3 is 10.2 Å². The third-order valence-electron chi connectivity index (χ3n) is 3.91. The zero-order valence-corrected chi connectivity index (χ0v) is 13.0. The Morgan fingerprint density at radius 3 is 2.81 bits per heavy atom. The molecule has 0 spiro atoms. The van der Waals surface area contributed by atoms with Gasteiger partial charge in [0.05, 0.1) is 13.1 Å². The second-order valence-corrected chi connectivity index (χ2v) is 6.33. The normalized spacial score (nSPS) is 18.0. The number of nitrogens with zero attached hydrogens (tertiary/aromatic N) is 1. The van der Waals surface area contributed by atoms with E-state index in [0.29, 0.717) is 11.6 Å². The highest BCUT2D eigenvalue weighted by Crippen LogP contribution is 2.28. The van der Waals surface area contributed by atoms with E-state index in [9.17, 15) is 10.1 Å². The van der Waals surface area contributed by atoms with E-state index < -0.39 is 5.54 Å². The molecule has 1 saturated carbocycles. The van der Waals surface area contributed by atoms with Crippen LogP contribution in [0.5, 0.6) is 0 Å². The minimum absolute atomic E-state index is 0.0574. The van der Waals surface area contributed by atoms with E-state index in [1.807, 2.05) is 31.3 Å². The van der Waals surface area contributed by atoms with Crippen LogP contribution < -0.4 is 10.2 Å². The van der Waals surface area contributed by atoms with Crippen LogP contribution in [0.2, 0.25) is 5.02 Å². The molecule has 0 saturated heterocycles. The van der Waals surface area contributed by atoms with Crippen LogP contribution in [0, 0.1) is 11.3 Å². The van der Waals surface area contributed by atoms with E-state index >= 15 is 0 Å². The Labute approximate surface area is 130 Å². The standard InChI is InChI=1S/C16H20ClN3O/c1-20(10-13-5-4-6-14(17)9-13)11-15(21)19-16(12-18)7-2-3-8-16/h4-6,9H,2-3,7-8,10-11H2,1H3,(H,19,21)/p+1. The minimum Gasteiger partial charge on any atom is -0.333 e. The molecule has 0 heterocycles. The molecule has 1 aromatic rings. The van der Waals surface area contributed by atoms with E-state index in [1.54, 1.807) is 0 Å². The van der Waals surface area contributed by atoms with Crippen molar-refractivity contribution in [3.63, 3.8) is 0 Å². The lowest BCUT2D eigenvalue weighted by Crippen LogP contribution is -3.09. The zero-order valence-electron chi connectivity index (χ0n) is 12.3. The van der Waals surface area contributed by atoms with Crippen molar-refractivity contribution in [2.45, 2.75) is 37.8 Å². The van der Waals surface area contributed by atoms with Gasteiger partial charge in [-0.1, -0.05) is 23.7 Å². The largest absolute Gasteiger partial charge is 0.333 e. The highest BCUT2D eigenvalue weighted by Gasteiger charge is 2.35. The quantitative estimate of drug-likeness (QED) is 0.862. The zero-order chi connectivity index (χ0) is 15.3. The van der Waals surface area contributed by atoms with Crippen LogP contribution >= 0.6 is 11.6 Å². The Bertz CT molecular complexity index is 547. The molecule has 1 unspecified atom stereocenters. The number of rotatable bonds is 5. The molecule has 1 aromatic carbocycles. The summed E-state index contributed by atoms with van der Waals surface area (Å²) < 4.78 is 0. The van der Waals surface area contributed by atoms with Crippen molar-refractivity contribution in [1.29, 1.82) is 5.26 Å². The molecule has 0 aliphatic heterocycles. The number of amides is 1. The van der Waals surface area contributed by atoms with Gasteiger partial charge in [0.2, 0.25) is 0 Å². The van der Waals surface area contributed by atoms with E-state index in [-0.39, 0.29) is 5.91 Å². The molecule has 0 bridgehead atoms. The predicted molar refractivity (Wildman–Crippen MR) is 81.9 cm³/mol. The van der Waals surface area contributed by atoms with Crippen LogP contribution in [0.25, 0.3) is 0 Å². The Kier molecular flexibility index (Phi) is 5.22. The summed E-state index contributed by atoms with van der Waals surface area (Å²) in [4.78, 5) is 13.2. The number of nitrogens with one attached hydrogen (secondary N) is 2. The molecule has 1 fully saturated rings. The summed E-state index contributed by atoms with van der Waals surface area (Å²) in [5.41, 5.74) is 0.469. The summed E-state index contributed by atoms with van der Waals surface area (Å²) in [6, 6.07) is 9.94. The number of halogens is 1. The summed E-state index contributed by atoms with van der Waals surface area (Å²) in [7, 11) is 1.97. The Balaban J connectivity index is 1.86. The maximum absolute atomic E-state index is 12.1. The maximum atomic E-state index is 12.1. The van der Waals surface area contributed by atoms with E-state index in [1.165, 1.54) is 0 Å². The van der Waals surface area contributed by atoms with Crippen LogP contribution in [0.3, 0.4) is 0 Å². The van der Waals surface area contributed by atoms with Crippen molar-refractivity contribution in [2.24, 2.45) is 0 Å². The van der Waals surface area contributed by atoms with Gasteiger partial charge in [0, 0.05) is 10.6 Å². The number of likely N-dealkylation sites (N-methyl/N-ethyl adjacent to an activating group) is 1. The molecule has 2 rings (SSSR count). The van der Waals surface area contributed by atoms with Gasteiger partial charge in [0.1, 0.15) is 12.1 Å². The lowest BCUT2D eigenvalue weighted by molar-refractivity contribution is -0.885. The number of nitriles is 1. The van der Waals surface area contributed by atoms with Gasteiger partial charge >= 0.3 is 0 Å². The fraction of sp³-hybridized carbons (Fsp3) is 0.500. The van der Waals surface area contributed by atoms with E-state index in [0.717, 1.165) is 42.7 Å². The monoisotopic (exact) mass is 306 g/mol. The van der Waals surface area contributed by atoms with Crippen LogP contribution in [0.1, 0.15) is 31.2 Å². The molecule has 1 amide bonds. The molecule has 1 aliphatic carbocycles. The topological polar surface area (TPSA) is 57.3 Å². The van der Waals surface area contributed by atoms with Gasteiger partial charge in [-0.15, -0.1) is 0 Å². The number of hydrogen-bond acceptors (Lipinski definition) is 2. The number of quaternary nitrogens is 1. The summed E-state index contributed by atoms with van der Waals surface area (Å²) in [5.74, 6) is -0.0574. The second-order valence-electron chi connectivity index (χ2n) is 5.89. The summed E-state index contributed by atoms with van der Waals surface area (Å²) in [6.45, 7) is 1.09. The van der Waals surface area contributed by atoms with Crippen LogP contribution in [0.15, 0.2) is 24.3 Å². The first-order valence-corrected chi connectivity index (χ1v) is 7.69. The van der Waals surface area contributed by atoms with Gasteiger partial charge in [-0.05, 0) is 37.8 Å². The predicted octanol–water partition coefficient (Wildman–Crippen LogP) is 1.31. The Morgan fingerprint density at radius 1 is 1.48 bits per heavy atom. The SMILES string of the molecule is C[NH+](CC(=O)NC1(C#N)CCCC1)Cc1cccc(Cl)c1. The van der Waals surface area contributed by atoms with Crippen molar-refractivity contribution in [3.8, 4) is 6.07 Å². The molecular formula is C16H21ClN3O+. The smallest absolute Gasteiger partial charge is 0.276 e. The molecule has 5 heteroatoms. The average molecular weight is 307 g/mol. The number of benzene rings is 1. The summed E-state index contributed by atoms with van der Waals surface area (Å²) in [5, 5.41) is 12.9. The van der Waals surface area contributed by atoms with Crippen molar-refractivity contribution in [2.75, 3.05) is 13.6 Å². The fourth-order valence-corrected chi connectivity index (χ4v) is 3.10. The molecule has 1 atom stereocenters. The van der Waals surface area contributed by atoms with Crippen LogP contribution in [0.4, 0.5) is 0 Å². The van der Waals surface area contributed by atoms with Gasteiger partial charge in [-0.25, -0.2) is 0 Å². The van der Waals surface area contributed by atoms with Crippen LogP contribution in [-0.2, 0) is 11.3 Å². The Morgan fingerprint density at radius 2 is 2.19 bits per heavy atom. The fourth-order valence-electron chi connectivity index (χ4n) is 2.89. The van der Waals surface area contributed by atoms with Gasteiger partial charge in [-0.2, -0.15) is 5.26 Å². The van der Waals surface area contributed by atoms with Crippen LogP contribution in [-0.4, -0.2) is 25.0 Å².